The van der Waals surface area contributed by atoms with Gasteiger partial charge in [-0.1, -0.05) is 36.4 Å². The number of carbonyl (C=O) groups is 2. The molecule has 0 fully saturated rings. The van der Waals surface area contributed by atoms with Crippen molar-refractivity contribution in [3.8, 4) is 0 Å². The number of carbonyl (C=O) groups excluding carboxylic acids is 2. The number of hydrogen-bond acceptors (Lipinski definition) is 7. The average molecular weight is 476 g/mol. The number of aromatic nitrogens is 2. The summed E-state index contributed by atoms with van der Waals surface area (Å²) in [6, 6.07) is 15.0. The van der Waals surface area contributed by atoms with Crippen LogP contribution in [-0.4, -0.2) is 28.9 Å². The number of rotatable bonds is 7. The largest absolute Gasteiger partial charge is 0.345 e. The van der Waals surface area contributed by atoms with E-state index in [4.69, 9.17) is 4.84 Å². The predicted octanol–water partition coefficient (Wildman–Crippen LogP) is 4.83. The molecule has 0 saturated carbocycles. The molecule has 3 N–H and O–H groups in total. The second-order valence-corrected chi connectivity index (χ2v) is 8.85. The zero-order chi connectivity index (χ0) is 24.2. The normalized spacial score (nSPS) is 11.8. The molecule has 2 heterocycles. The van der Waals surface area contributed by atoms with Gasteiger partial charge < -0.3 is 10.6 Å². The van der Waals surface area contributed by atoms with E-state index in [-0.39, 0.29) is 17.9 Å². The summed E-state index contributed by atoms with van der Waals surface area (Å²) < 4.78 is 0. The lowest BCUT2D eigenvalue weighted by atomic mass is 10.1. The monoisotopic (exact) mass is 475 g/mol. The highest BCUT2D eigenvalue weighted by Gasteiger charge is 2.21. The number of anilines is 2. The molecule has 0 radical (unpaired) electrons. The molecule has 4 rings (SSSR count). The fourth-order valence-corrected chi connectivity index (χ4v) is 4.70. The summed E-state index contributed by atoms with van der Waals surface area (Å²) in [6.45, 7) is 5.78. The number of benzene rings is 2. The Morgan fingerprint density at radius 1 is 1.03 bits per heavy atom. The van der Waals surface area contributed by atoms with Gasteiger partial charge in [0.25, 0.3) is 11.8 Å². The van der Waals surface area contributed by atoms with Gasteiger partial charge in [-0.25, -0.2) is 15.4 Å². The van der Waals surface area contributed by atoms with Crippen molar-refractivity contribution in [3.63, 3.8) is 0 Å². The first-order valence-corrected chi connectivity index (χ1v) is 11.5. The first-order valence-electron chi connectivity index (χ1n) is 10.7. The maximum absolute atomic E-state index is 13.1. The highest BCUT2D eigenvalue weighted by atomic mass is 32.1. The third-order valence-electron chi connectivity index (χ3n) is 5.53. The van der Waals surface area contributed by atoms with Gasteiger partial charge in [0.2, 0.25) is 0 Å². The number of fused-ring (bicyclic) bond motifs is 1. The van der Waals surface area contributed by atoms with Crippen molar-refractivity contribution in [2.75, 3.05) is 12.4 Å². The van der Waals surface area contributed by atoms with E-state index in [2.05, 4.69) is 26.1 Å². The number of amides is 2. The molecule has 2 aromatic heterocycles. The van der Waals surface area contributed by atoms with Crippen molar-refractivity contribution in [2.45, 2.75) is 26.8 Å². The van der Waals surface area contributed by atoms with Gasteiger partial charge in [-0.05, 0) is 49.6 Å². The van der Waals surface area contributed by atoms with Crippen molar-refractivity contribution in [1.29, 1.82) is 0 Å². The van der Waals surface area contributed by atoms with Crippen LogP contribution < -0.4 is 16.1 Å². The second kappa shape index (κ2) is 9.98. The molecular weight excluding hydrogens is 450 g/mol. The Morgan fingerprint density at radius 2 is 1.79 bits per heavy atom. The Kier molecular flexibility index (Phi) is 6.85. The van der Waals surface area contributed by atoms with Gasteiger partial charge in [0, 0.05) is 11.3 Å². The molecule has 0 aliphatic carbocycles. The fraction of sp³-hybridized carbons (Fsp3) is 0.200. The molecule has 174 valence electrons. The van der Waals surface area contributed by atoms with Crippen molar-refractivity contribution in [3.05, 3.63) is 82.0 Å². The van der Waals surface area contributed by atoms with Gasteiger partial charge in [0.1, 0.15) is 17.0 Å². The molecule has 0 aliphatic heterocycles. The van der Waals surface area contributed by atoms with Crippen LogP contribution in [0, 0.1) is 13.8 Å². The molecule has 1 atom stereocenters. The van der Waals surface area contributed by atoms with Crippen LogP contribution in [0.5, 0.6) is 0 Å². The third kappa shape index (κ3) is 4.75. The van der Waals surface area contributed by atoms with Gasteiger partial charge in [-0.2, -0.15) is 0 Å². The average Bonchev–Trinajstić information content (AvgIpc) is 3.18. The lowest BCUT2D eigenvalue weighted by Gasteiger charge is -2.14. The van der Waals surface area contributed by atoms with Crippen LogP contribution in [0.25, 0.3) is 10.2 Å². The lowest BCUT2D eigenvalue weighted by Crippen LogP contribution is -2.26. The molecule has 2 aromatic carbocycles. The molecule has 0 aliphatic rings. The minimum absolute atomic E-state index is 0.134. The Labute approximate surface area is 201 Å². The molecule has 34 heavy (non-hydrogen) atoms. The highest BCUT2D eigenvalue weighted by molar-refractivity contribution is 7.20. The van der Waals surface area contributed by atoms with Gasteiger partial charge >= 0.3 is 0 Å². The minimum atomic E-state index is -0.350. The first-order chi connectivity index (χ1) is 16.4. The number of nitrogens with one attached hydrogen (secondary N) is 3. The van der Waals surface area contributed by atoms with E-state index in [1.807, 2.05) is 57.2 Å². The maximum atomic E-state index is 13.1. The fourth-order valence-electron chi connectivity index (χ4n) is 3.65. The zero-order valence-corrected chi connectivity index (χ0v) is 20.1. The van der Waals surface area contributed by atoms with Crippen LogP contribution in [0.4, 0.5) is 11.5 Å². The van der Waals surface area contributed by atoms with E-state index in [1.54, 1.807) is 12.1 Å². The van der Waals surface area contributed by atoms with Crippen molar-refractivity contribution >= 4 is 44.9 Å². The molecule has 4 aromatic rings. The number of hydroxylamine groups is 1. The summed E-state index contributed by atoms with van der Waals surface area (Å²) in [5, 5.41) is 7.16. The van der Waals surface area contributed by atoms with Gasteiger partial charge in [-0.3, -0.25) is 14.4 Å². The molecule has 0 saturated heterocycles. The standard InChI is InChI=1S/C25H25N5O3S/c1-14-10-11-18(23(31)30-33-4)12-19(14)29-22-20-15(2)21(34-25(20)27-13-26-22)24(32)28-16(3)17-8-6-5-7-9-17/h5-13,16H,1-4H3,(H,28,32)(H,30,31)(H,26,27,29)/t16-/m0/s1. The van der Waals surface area contributed by atoms with Crippen LogP contribution in [0.3, 0.4) is 0 Å². The number of thiophene rings is 1. The number of hydrogen-bond donors (Lipinski definition) is 3. The Balaban J connectivity index is 1.64. The van der Waals surface area contributed by atoms with Gasteiger partial charge in [-0.15, -0.1) is 11.3 Å². The van der Waals surface area contributed by atoms with Crippen molar-refractivity contribution < 1.29 is 14.4 Å². The summed E-state index contributed by atoms with van der Waals surface area (Å²) in [7, 11) is 1.39. The minimum Gasteiger partial charge on any atom is -0.345 e. The molecule has 8 nitrogen and oxygen atoms in total. The summed E-state index contributed by atoms with van der Waals surface area (Å²) in [5.41, 5.74) is 6.24. The van der Waals surface area contributed by atoms with Gasteiger partial charge in [0.05, 0.1) is 23.4 Å². The quantitative estimate of drug-likeness (QED) is 0.331. The molecule has 9 heteroatoms. The summed E-state index contributed by atoms with van der Waals surface area (Å²) >= 11 is 1.33. The molecule has 0 spiro atoms. The van der Waals surface area contributed by atoms with Crippen molar-refractivity contribution in [2.24, 2.45) is 0 Å². The predicted molar refractivity (Wildman–Crippen MR) is 133 cm³/mol. The van der Waals surface area contributed by atoms with E-state index >= 15 is 0 Å². The molecule has 0 unspecified atom stereocenters. The molecular formula is C25H25N5O3S. The van der Waals surface area contributed by atoms with Gasteiger partial charge in [0.15, 0.2) is 0 Å². The van der Waals surface area contributed by atoms with Crippen molar-refractivity contribution in [1.82, 2.24) is 20.8 Å². The van der Waals surface area contributed by atoms with Crippen LogP contribution in [-0.2, 0) is 4.84 Å². The molecule has 2 amide bonds. The Bertz CT molecular complexity index is 1350. The summed E-state index contributed by atoms with van der Waals surface area (Å²) in [4.78, 5) is 40.1. The number of nitrogens with zero attached hydrogens (tertiary/aromatic N) is 2. The van der Waals surface area contributed by atoms with E-state index in [0.717, 1.165) is 27.8 Å². The molecule has 0 bridgehead atoms. The maximum Gasteiger partial charge on any atom is 0.274 e. The van der Waals surface area contributed by atoms with Crippen LogP contribution in [0.15, 0.2) is 54.9 Å². The SMILES string of the molecule is CONC(=O)c1ccc(C)c(Nc2ncnc3sc(C(=O)N[C@@H](C)c4ccccc4)c(C)c23)c1. The van der Waals surface area contributed by atoms with E-state index in [0.29, 0.717) is 21.1 Å². The Hall–Kier alpha value is -3.82. The first kappa shape index (κ1) is 23.3. The van der Waals surface area contributed by atoms with E-state index in [9.17, 15) is 9.59 Å². The Morgan fingerprint density at radius 3 is 2.53 bits per heavy atom. The number of aryl methyl sites for hydroxylation is 2. The third-order valence-corrected chi connectivity index (χ3v) is 6.73. The highest BCUT2D eigenvalue weighted by Crippen LogP contribution is 2.35. The van der Waals surface area contributed by atoms with Crippen LogP contribution in [0.1, 0.15) is 49.7 Å². The van der Waals surface area contributed by atoms with E-state index in [1.165, 1.54) is 24.8 Å². The van der Waals surface area contributed by atoms with E-state index < -0.39 is 0 Å². The topological polar surface area (TPSA) is 105 Å². The lowest BCUT2D eigenvalue weighted by molar-refractivity contribution is 0.0537. The second-order valence-electron chi connectivity index (χ2n) is 7.85. The van der Waals surface area contributed by atoms with Crippen LogP contribution >= 0.6 is 11.3 Å². The summed E-state index contributed by atoms with van der Waals surface area (Å²) in [6.07, 6.45) is 1.46. The van der Waals surface area contributed by atoms with Crippen LogP contribution in [0.2, 0.25) is 0 Å². The summed E-state index contributed by atoms with van der Waals surface area (Å²) in [5.74, 6) is 0.0649. The smallest absolute Gasteiger partial charge is 0.274 e. The zero-order valence-electron chi connectivity index (χ0n) is 19.3.